The van der Waals surface area contributed by atoms with Gasteiger partial charge in [-0.25, -0.2) is 0 Å². The zero-order chi connectivity index (χ0) is 16.8. The maximum Gasteiger partial charge on any atom is 0.225 e. The van der Waals surface area contributed by atoms with Crippen molar-refractivity contribution in [3.8, 4) is 0 Å². The second-order valence-electron chi connectivity index (χ2n) is 6.21. The van der Waals surface area contributed by atoms with E-state index in [4.69, 9.17) is 4.74 Å². The Labute approximate surface area is 137 Å². The average molecular weight is 322 g/mol. The van der Waals surface area contributed by atoms with Crippen LogP contribution in [-0.4, -0.2) is 53.3 Å². The lowest BCUT2D eigenvalue weighted by Gasteiger charge is -2.31. The van der Waals surface area contributed by atoms with Crippen LogP contribution in [0.4, 0.5) is 0 Å². The van der Waals surface area contributed by atoms with Crippen molar-refractivity contribution in [2.75, 3.05) is 26.8 Å². The Hall–Kier alpha value is -1.89. The van der Waals surface area contributed by atoms with Crippen molar-refractivity contribution in [1.82, 2.24) is 20.0 Å². The number of hydrogen-bond donors (Lipinski definition) is 1. The smallest absolute Gasteiger partial charge is 0.225 e. The summed E-state index contributed by atoms with van der Waals surface area (Å²) in [6.07, 6.45) is 4.75. The second kappa shape index (κ2) is 8.10. The van der Waals surface area contributed by atoms with Crippen LogP contribution < -0.4 is 5.32 Å². The quantitative estimate of drug-likeness (QED) is 0.811. The van der Waals surface area contributed by atoms with Crippen molar-refractivity contribution in [3.63, 3.8) is 0 Å². The molecule has 1 aliphatic rings. The van der Waals surface area contributed by atoms with Gasteiger partial charge in [-0.05, 0) is 20.3 Å². The lowest BCUT2D eigenvalue weighted by Crippen LogP contribution is -2.46. The highest BCUT2D eigenvalue weighted by Crippen LogP contribution is 2.18. The number of carbonyl (C=O) groups is 2. The molecule has 0 bridgehead atoms. The van der Waals surface area contributed by atoms with Gasteiger partial charge in [-0.15, -0.1) is 0 Å². The lowest BCUT2D eigenvalue weighted by atomic mass is 9.96. The summed E-state index contributed by atoms with van der Waals surface area (Å²) in [6, 6.07) is 0.304. The number of nitrogens with zero attached hydrogens (tertiary/aromatic N) is 3. The molecular formula is C16H26N4O3. The van der Waals surface area contributed by atoms with Gasteiger partial charge in [-0.1, -0.05) is 0 Å². The first-order valence-electron chi connectivity index (χ1n) is 8.08. The van der Waals surface area contributed by atoms with E-state index in [9.17, 15) is 9.59 Å². The number of amides is 2. The first kappa shape index (κ1) is 17.5. The van der Waals surface area contributed by atoms with Gasteiger partial charge >= 0.3 is 0 Å². The highest BCUT2D eigenvalue weighted by molar-refractivity contribution is 5.83. The van der Waals surface area contributed by atoms with Crippen LogP contribution >= 0.6 is 0 Å². The molecule has 0 radical (unpaired) electrons. The second-order valence-corrected chi connectivity index (χ2v) is 6.21. The molecule has 7 heteroatoms. The third kappa shape index (κ3) is 4.79. The van der Waals surface area contributed by atoms with Crippen molar-refractivity contribution in [2.45, 2.75) is 39.3 Å². The van der Waals surface area contributed by atoms with Gasteiger partial charge in [-0.3, -0.25) is 14.3 Å². The van der Waals surface area contributed by atoms with E-state index >= 15 is 0 Å². The predicted molar refractivity (Wildman–Crippen MR) is 85.6 cm³/mol. The van der Waals surface area contributed by atoms with Crippen LogP contribution in [0.15, 0.2) is 12.4 Å². The van der Waals surface area contributed by atoms with Crippen molar-refractivity contribution < 1.29 is 14.3 Å². The molecule has 23 heavy (non-hydrogen) atoms. The summed E-state index contributed by atoms with van der Waals surface area (Å²) >= 11 is 0. The molecule has 1 aromatic heterocycles. The fourth-order valence-electron chi connectivity index (χ4n) is 2.63. The minimum Gasteiger partial charge on any atom is -0.383 e. The fraction of sp³-hybridized carbons (Fsp3) is 0.688. The van der Waals surface area contributed by atoms with Gasteiger partial charge in [0, 0.05) is 51.0 Å². The minimum absolute atomic E-state index is 0.00258. The zero-order valence-electron chi connectivity index (χ0n) is 14.1. The topological polar surface area (TPSA) is 76.5 Å². The van der Waals surface area contributed by atoms with E-state index in [1.165, 1.54) is 0 Å². The number of ether oxygens (including phenoxy) is 1. The molecule has 1 aliphatic heterocycles. The molecule has 128 valence electrons. The standard InChI is InChI=1S/C16H26N4O3/c1-12(2)20-10-13(9-18-20)8-17-16(22)14-4-5-15(21)19(11-14)6-7-23-3/h9-10,12,14H,4-8,11H2,1-3H3,(H,17,22)/t14-/m1/s1. The number of likely N-dealkylation sites (tertiary alicyclic amines) is 1. The Bertz CT molecular complexity index is 541. The molecule has 2 rings (SSSR count). The molecule has 1 atom stereocenters. The Morgan fingerprint density at radius 1 is 1.52 bits per heavy atom. The average Bonchev–Trinajstić information content (AvgIpc) is 3.01. The first-order chi connectivity index (χ1) is 11.0. The Balaban J connectivity index is 1.83. The van der Waals surface area contributed by atoms with Crippen LogP contribution in [0.2, 0.25) is 0 Å². The molecule has 1 fully saturated rings. The SMILES string of the molecule is COCCN1C[C@H](C(=O)NCc2cnn(C(C)C)c2)CCC1=O. The van der Waals surface area contributed by atoms with Crippen molar-refractivity contribution in [1.29, 1.82) is 0 Å². The van der Waals surface area contributed by atoms with Gasteiger partial charge in [0.05, 0.1) is 18.7 Å². The molecule has 7 nitrogen and oxygen atoms in total. The molecule has 1 saturated heterocycles. The minimum atomic E-state index is -0.148. The van der Waals surface area contributed by atoms with E-state index in [0.717, 1.165) is 5.56 Å². The Morgan fingerprint density at radius 3 is 2.96 bits per heavy atom. The largest absolute Gasteiger partial charge is 0.383 e. The summed E-state index contributed by atoms with van der Waals surface area (Å²) in [5, 5.41) is 7.21. The third-order valence-electron chi connectivity index (χ3n) is 4.09. The van der Waals surface area contributed by atoms with E-state index in [1.54, 1.807) is 18.2 Å². The van der Waals surface area contributed by atoms with Crippen molar-refractivity contribution in [2.24, 2.45) is 5.92 Å². The van der Waals surface area contributed by atoms with Crippen molar-refractivity contribution in [3.05, 3.63) is 18.0 Å². The molecule has 0 spiro atoms. The molecule has 0 aliphatic carbocycles. The van der Waals surface area contributed by atoms with Crippen LogP contribution in [0.3, 0.4) is 0 Å². The number of methoxy groups -OCH3 is 1. The summed E-state index contributed by atoms with van der Waals surface area (Å²) in [5.74, 6) is -0.0498. The molecular weight excluding hydrogens is 296 g/mol. The molecule has 2 heterocycles. The first-order valence-corrected chi connectivity index (χ1v) is 8.08. The van der Waals surface area contributed by atoms with E-state index < -0.39 is 0 Å². The lowest BCUT2D eigenvalue weighted by molar-refractivity contribution is -0.138. The van der Waals surface area contributed by atoms with E-state index in [1.807, 2.05) is 10.9 Å². The van der Waals surface area contributed by atoms with Crippen LogP contribution in [-0.2, 0) is 20.9 Å². The van der Waals surface area contributed by atoms with Crippen LogP contribution in [0, 0.1) is 5.92 Å². The van der Waals surface area contributed by atoms with Gasteiger partial charge in [0.25, 0.3) is 0 Å². The Kier molecular flexibility index (Phi) is 6.15. The molecule has 2 amide bonds. The van der Waals surface area contributed by atoms with Gasteiger partial charge in [0.1, 0.15) is 0 Å². The number of nitrogens with one attached hydrogen (secondary N) is 1. The van der Waals surface area contributed by atoms with Gasteiger partial charge < -0.3 is 15.0 Å². The van der Waals surface area contributed by atoms with E-state index in [2.05, 4.69) is 24.3 Å². The summed E-state index contributed by atoms with van der Waals surface area (Å²) in [7, 11) is 1.61. The van der Waals surface area contributed by atoms with Gasteiger partial charge in [0.15, 0.2) is 0 Å². The van der Waals surface area contributed by atoms with Gasteiger partial charge in [0.2, 0.25) is 11.8 Å². The van der Waals surface area contributed by atoms with Crippen LogP contribution in [0.5, 0.6) is 0 Å². The van der Waals surface area contributed by atoms with Crippen LogP contribution in [0.1, 0.15) is 38.3 Å². The maximum absolute atomic E-state index is 12.3. The number of aromatic nitrogens is 2. The summed E-state index contributed by atoms with van der Waals surface area (Å²) < 4.78 is 6.88. The number of hydrogen-bond acceptors (Lipinski definition) is 4. The molecule has 1 aromatic rings. The molecule has 0 saturated carbocycles. The number of piperidine rings is 1. The monoisotopic (exact) mass is 322 g/mol. The normalized spacial score (nSPS) is 18.5. The highest BCUT2D eigenvalue weighted by Gasteiger charge is 2.29. The number of rotatable bonds is 7. The van der Waals surface area contributed by atoms with Gasteiger partial charge in [-0.2, -0.15) is 5.10 Å². The van der Waals surface area contributed by atoms with E-state index in [-0.39, 0.29) is 17.7 Å². The summed E-state index contributed by atoms with van der Waals surface area (Å²) in [6.45, 7) is 6.09. The fourth-order valence-corrected chi connectivity index (χ4v) is 2.63. The third-order valence-corrected chi connectivity index (χ3v) is 4.09. The highest BCUT2D eigenvalue weighted by atomic mass is 16.5. The summed E-state index contributed by atoms with van der Waals surface area (Å²) in [5.41, 5.74) is 0.982. The maximum atomic E-state index is 12.3. The molecule has 0 unspecified atom stereocenters. The van der Waals surface area contributed by atoms with Crippen LogP contribution in [0.25, 0.3) is 0 Å². The Morgan fingerprint density at radius 2 is 2.30 bits per heavy atom. The molecule has 0 aromatic carbocycles. The number of carbonyl (C=O) groups excluding carboxylic acids is 2. The predicted octanol–water partition coefficient (Wildman–Crippen LogP) is 0.965. The van der Waals surface area contributed by atoms with Crippen molar-refractivity contribution >= 4 is 11.8 Å². The summed E-state index contributed by atoms with van der Waals surface area (Å²) in [4.78, 5) is 25.9. The van der Waals surface area contributed by atoms with E-state index in [0.29, 0.717) is 45.1 Å². The molecule has 1 N–H and O–H groups in total. The zero-order valence-corrected chi connectivity index (χ0v) is 14.1.